The Morgan fingerprint density at radius 3 is 2.60 bits per heavy atom. The molecule has 3 atom stereocenters. The summed E-state index contributed by atoms with van der Waals surface area (Å²) in [5, 5.41) is 10.1. The van der Waals surface area contributed by atoms with Crippen molar-refractivity contribution in [2.75, 3.05) is 6.54 Å². The van der Waals surface area contributed by atoms with Crippen molar-refractivity contribution in [2.45, 2.75) is 62.4 Å². The van der Waals surface area contributed by atoms with Gasteiger partial charge in [-0.2, -0.15) is 13.7 Å². The number of nitrogens with zero attached hydrogens (tertiary/aromatic N) is 2. The minimum Gasteiger partial charge on any atom is -0.282 e. The van der Waals surface area contributed by atoms with Crippen LogP contribution in [0.1, 0.15) is 61.3 Å². The van der Waals surface area contributed by atoms with Crippen LogP contribution >= 0.6 is 15.9 Å². The lowest BCUT2D eigenvalue weighted by Gasteiger charge is -2.43. The summed E-state index contributed by atoms with van der Waals surface area (Å²) in [6.07, 6.45) is 3.61. The van der Waals surface area contributed by atoms with Crippen molar-refractivity contribution in [3.8, 4) is 6.07 Å². The van der Waals surface area contributed by atoms with Gasteiger partial charge in [0.15, 0.2) is 0 Å². The van der Waals surface area contributed by atoms with Gasteiger partial charge in [0.25, 0.3) is 10.1 Å². The minimum absolute atomic E-state index is 0.00260. The standard InChI is InChI=1S/C23H27BrN2O3S/c1-3-17(19-14-16(2)11-12-23(19)30(27,28)29)21-10-6-7-13-26(21)22(15-25)18-8-4-5-9-20(18)24/h4-5,8-9,11-12,14,17,21-22H,3,6-7,10,13H2,1-2H3,(H,27,28,29). The fraction of sp³-hybridized carbons (Fsp3) is 0.435. The predicted octanol–water partition coefficient (Wildman–Crippen LogP) is 5.62. The van der Waals surface area contributed by atoms with Crippen LogP contribution in [-0.2, 0) is 10.1 Å². The molecule has 0 bridgehead atoms. The normalized spacial score (nSPS) is 19.8. The summed E-state index contributed by atoms with van der Waals surface area (Å²) in [7, 11) is -4.34. The summed E-state index contributed by atoms with van der Waals surface area (Å²) in [6.45, 7) is 4.73. The smallest absolute Gasteiger partial charge is 0.282 e. The molecule has 7 heteroatoms. The van der Waals surface area contributed by atoms with Crippen molar-refractivity contribution in [3.05, 3.63) is 63.6 Å². The van der Waals surface area contributed by atoms with Gasteiger partial charge in [-0.05, 0) is 49.4 Å². The van der Waals surface area contributed by atoms with Gasteiger partial charge in [-0.15, -0.1) is 0 Å². The second-order valence-electron chi connectivity index (χ2n) is 7.89. The maximum Gasteiger partial charge on any atom is 0.294 e. The molecule has 1 aliphatic heterocycles. The highest BCUT2D eigenvalue weighted by Crippen LogP contribution is 2.40. The summed E-state index contributed by atoms with van der Waals surface area (Å²) in [4.78, 5) is 2.19. The van der Waals surface area contributed by atoms with Crippen molar-refractivity contribution < 1.29 is 13.0 Å². The number of hydrogen-bond acceptors (Lipinski definition) is 4. The highest BCUT2D eigenvalue weighted by molar-refractivity contribution is 9.10. The summed E-state index contributed by atoms with van der Waals surface area (Å²) < 4.78 is 34.9. The zero-order valence-corrected chi connectivity index (χ0v) is 19.7. The fourth-order valence-electron chi connectivity index (χ4n) is 4.64. The first-order chi connectivity index (χ1) is 14.3. The van der Waals surface area contributed by atoms with E-state index in [-0.39, 0.29) is 16.9 Å². The molecule has 3 rings (SSSR count). The Morgan fingerprint density at radius 1 is 1.23 bits per heavy atom. The molecule has 1 aliphatic rings. The third-order valence-corrected chi connectivity index (χ3v) is 7.64. The molecule has 3 unspecified atom stereocenters. The molecule has 0 aliphatic carbocycles. The van der Waals surface area contributed by atoms with Gasteiger partial charge in [-0.1, -0.05) is 65.2 Å². The molecular formula is C23H27BrN2O3S. The largest absolute Gasteiger partial charge is 0.294 e. The van der Waals surface area contributed by atoms with E-state index in [2.05, 4.69) is 26.9 Å². The zero-order chi connectivity index (χ0) is 21.9. The molecule has 1 saturated heterocycles. The third-order valence-electron chi connectivity index (χ3n) is 5.99. The molecule has 0 aromatic heterocycles. The van der Waals surface area contributed by atoms with E-state index < -0.39 is 16.2 Å². The van der Waals surface area contributed by atoms with Crippen molar-refractivity contribution in [1.29, 1.82) is 5.26 Å². The quantitative estimate of drug-likeness (QED) is 0.531. The molecular weight excluding hydrogens is 464 g/mol. The Bertz CT molecular complexity index is 1050. The minimum atomic E-state index is -4.34. The third kappa shape index (κ3) is 4.78. The van der Waals surface area contributed by atoms with Gasteiger partial charge in [0.1, 0.15) is 6.04 Å². The maximum absolute atomic E-state index is 12.1. The van der Waals surface area contributed by atoms with E-state index in [4.69, 9.17) is 0 Å². The van der Waals surface area contributed by atoms with Crippen LogP contribution in [-0.4, -0.2) is 30.5 Å². The number of piperidine rings is 1. The van der Waals surface area contributed by atoms with Crippen molar-refractivity contribution in [1.82, 2.24) is 4.90 Å². The van der Waals surface area contributed by atoms with Crippen LogP contribution < -0.4 is 0 Å². The second-order valence-corrected chi connectivity index (χ2v) is 10.1. The first kappa shape index (κ1) is 23.0. The molecule has 1 heterocycles. The van der Waals surface area contributed by atoms with Crippen molar-refractivity contribution in [2.24, 2.45) is 0 Å². The molecule has 1 fully saturated rings. The molecule has 5 nitrogen and oxygen atoms in total. The van der Waals surface area contributed by atoms with Crippen molar-refractivity contribution >= 4 is 26.0 Å². The number of nitriles is 1. The highest BCUT2D eigenvalue weighted by Gasteiger charge is 2.37. The number of likely N-dealkylation sites (tertiary alicyclic amines) is 1. The number of rotatable bonds is 6. The Labute approximate surface area is 187 Å². The van der Waals surface area contributed by atoms with E-state index in [9.17, 15) is 18.2 Å². The van der Waals surface area contributed by atoms with Crippen LogP contribution in [0, 0.1) is 18.3 Å². The predicted molar refractivity (Wildman–Crippen MR) is 121 cm³/mol. The lowest BCUT2D eigenvalue weighted by Crippen LogP contribution is -2.45. The molecule has 160 valence electrons. The average molecular weight is 491 g/mol. The Morgan fingerprint density at radius 2 is 1.97 bits per heavy atom. The molecule has 0 amide bonds. The molecule has 0 spiro atoms. The first-order valence-corrected chi connectivity index (χ1v) is 12.5. The van der Waals surface area contributed by atoms with E-state index in [0.29, 0.717) is 12.0 Å². The Kier molecular flexibility index (Phi) is 7.35. The van der Waals surface area contributed by atoms with Crippen molar-refractivity contribution in [3.63, 3.8) is 0 Å². The van der Waals surface area contributed by atoms with E-state index in [1.165, 1.54) is 6.07 Å². The van der Waals surface area contributed by atoms with E-state index in [0.717, 1.165) is 41.4 Å². The molecule has 2 aromatic carbocycles. The van der Waals surface area contributed by atoms with Gasteiger partial charge in [0.2, 0.25) is 0 Å². The SMILES string of the molecule is CCC(c1cc(C)ccc1S(=O)(=O)O)C1CCCCN1C(C#N)c1ccccc1Br. The van der Waals surface area contributed by atoms with Gasteiger partial charge < -0.3 is 0 Å². The molecule has 2 aromatic rings. The lowest BCUT2D eigenvalue weighted by atomic mass is 9.81. The van der Waals surface area contributed by atoms with E-state index >= 15 is 0 Å². The van der Waals surface area contributed by atoms with Crippen LogP contribution in [0.15, 0.2) is 51.8 Å². The van der Waals surface area contributed by atoms with Crippen LogP contribution in [0.4, 0.5) is 0 Å². The summed E-state index contributed by atoms with van der Waals surface area (Å²) in [5.74, 6) is -0.111. The first-order valence-electron chi connectivity index (χ1n) is 10.3. The second kappa shape index (κ2) is 9.61. The van der Waals surface area contributed by atoms with Crippen LogP contribution in [0.25, 0.3) is 0 Å². The van der Waals surface area contributed by atoms with Crippen LogP contribution in [0.2, 0.25) is 0 Å². The van der Waals surface area contributed by atoms with Gasteiger partial charge in [-0.25, -0.2) is 0 Å². The lowest BCUT2D eigenvalue weighted by molar-refractivity contribution is 0.0967. The molecule has 0 radical (unpaired) electrons. The highest BCUT2D eigenvalue weighted by atomic mass is 79.9. The topological polar surface area (TPSA) is 81.4 Å². The summed E-state index contributed by atoms with van der Waals surface area (Å²) in [6, 6.07) is 14.9. The van der Waals surface area contributed by atoms with Gasteiger partial charge in [0.05, 0.1) is 11.0 Å². The number of hydrogen-bond donors (Lipinski definition) is 1. The number of benzene rings is 2. The molecule has 30 heavy (non-hydrogen) atoms. The summed E-state index contributed by atoms with van der Waals surface area (Å²) >= 11 is 3.58. The number of halogens is 1. The molecule has 0 saturated carbocycles. The van der Waals surface area contributed by atoms with Gasteiger partial charge in [-0.3, -0.25) is 9.45 Å². The Balaban J connectivity index is 2.08. The van der Waals surface area contributed by atoms with Crippen LogP contribution in [0.5, 0.6) is 0 Å². The number of aryl methyl sites for hydroxylation is 1. The maximum atomic E-state index is 12.1. The fourth-order valence-corrected chi connectivity index (χ4v) is 5.89. The Hall–Kier alpha value is -1.72. The van der Waals surface area contributed by atoms with Gasteiger partial charge in [0, 0.05) is 23.0 Å². The zero-order valence-electron chi connectivity index (χ0n) is 17.3. The van der Waals surface area contributed by atoms with E-state index in [1.54, 1.807) is 6.07 Å². The van der Waals surface area contributed by atoms with Crippen LogP contribution in [0.3, 0.4) is 0 Å². The van der Waals surface area contributed by atoms with Gasteiger partial charge >= 0.3 is 0 Å². The van der Waals surface area contributed by atoms with E-state index in [1.807, 2.05) is 44.2 Å². The molecule has 1 N–H and O–H groups in total. The average Bonchev–Trinajstić information content (AvgIpc) is 2.71. The monoisotopic (exact) mass is 490 g/mol. The summed E-state index contributed by atoms with van der Waals surface area (Å²) in [5.41, 5.74) is 2.50.